The molecule has 0 aliphatic carbocycles. The zero-order valence-corrected chi connectivity index (χ0v) is 9.32. The zero-order valence-electron chi connectivity index (χ0n) is 6.97. The molecular weight excluding hydrogens is 253 g/mol. The zero-order chi connectivity index (χ0) is 9.42. The highest BCUT2D eigenvalue weighted by molar-refractivity contribution is 9.10. The van der Waals surface area contributed by atoms with Crippen molar-refractivity contribution in [1.82, 2.24) is 4.98 Å². The quantitative estimate of drug-likeness (QED) is 0.779. The molecule has 0 saturated carbocycles. The summed E-state index contributed by atoms with van der Waals surface area (Å²) >= 11 is 9.34. The van der Waals surface area contributed by atoms with Crippen LogP contribution in [0.1, 0.15) is 12.8 Å². The first-order chi connectivity index (χ1) is 6.22. The fourth-order valence-electron chi connectivity index (χ4n) is 1.13. The van der Waals surface area contributed by atoms with Crippen molar-refractivity contribution < 1.29 is 4.42 Å². The molecule has 2 nitrogen and oxygen atoms in total. The van der Waals surface area contributed by atoms with Gasteiger partial charge < -0.3 is 4.42 Å². The Morgan fingerprint density at radius 1 is 1.54 bits per heavy atom. The van der Waals surface area contributed by atoms with Gasteiger partial charge >= 0.3 is 0 Å². The van der Waals surface area contributed by atoms with Crippen molar-refractivity contribution in [3.63, 3.8) is 0 Å². The number of nitrogens with zero attached hydrogens (tertiary/aromatic N) is 1. The average Bonchev–Trinajstić information content (AvgIpc) is 2.55. The van der Waals surface area contributed by atoms with Crippen LogP contribution < -0.4 is 0 Å². The van der Waals surface area contributed by atoms with E-state index in [2.05, 4.69) is 20.9 Å². The summed E-state index contributed by atoms with van der Waals surface area (Å²) in [6, 6.07) is 3.75. The highest BCUT2D eigenvalue weighted by Gasteiger charge is 2.09. The molecule has 0 amide bonds. The largest absolute Gasteiger partial charge is 0.439 e. The Bertz CT molecular complexity index is 452. The number of rotatable bonds is 1. The molecule has 1 aromatic heterocycles. The average molecular weight is 261 g/mol. The van der Waals surface area contributed by atoms with Gasteiger partial charge in [0, 0.05) is 10.9 Å². The van der Waals surface area contributed by atoms with Crippen molar-refractivity contribution in [3.8, 4) is 0 Å². The van der Waals surface area contributed by atoms with Gasteiger partial charge in [-0.2, -0.15) is 0 Å². The molecule has 0 N–H and O–H groups in total. The molecule has 2 rings (SSSR count). The molecule has 0 fully saturated rings. The van der Waals surface area contributed by atoms with Crippen LogP contribution in [0.5, 0.6) is 0 Å². The minimum absolute atomic E-state index is 0.588. The maximum Gasteiger partial charge on any atom is 0.195 e. The van der Waals surface area contributed by atoms with Crippen LogP contribution in [0.25, 0.3) is 11.1 Å². The maximum absolute atomic E-state index is 6.02. The van der Waals surface area contributed by atoms with Crippen LogP contribution in [0.4, 0.5) is 0 Å². The SMILES string of the molecule is CCc1nc2ccc(Br)c(Cl)c2o1. The summed E-state index contributed by atoms with van der Waals surface area (Å²) < 4.78 is 6.29. The molecule has 0 aliphatic rings. The Hall–Kier alpha value is -0.540. The number of halogens is 2. The molecule has 2 aromatic rings. The van der Waals surface area contributed by atoms with E-state index < -0.39 is 0 Å². The van der Waals surface area contributed by atoms with Gasteiger partial charge in [-0.05, 0) is 28.1 Å². The molecule has 1 aromatic carbocycles. The Morgan fingerprint density at radius 2 is 2.31 bits per heavy atom. The van der Waals surface area contributed by atoms with E-state index in [4.69, 9.17) is 16.0 Å². The number of aromatic nitrogens is 1. The van der Waals surface area contributed by atoms with Gasteiger partial charge in [0.05, 0.1) is 5.02 Å². The lowest BCUT2D eigenvalue weighted by atomic mass is 10.3. The highest BCUT2D eigenvalue weighted by atomic mass is 79.9. The normalized spacial score (nSPS) is 11.0. The molecule has 0 saturated heterocycles. The van der Waals surface area contributed by atoms with Crippen LogP contribution in [0, 0.1) is 0 Å². The molecular formula is C9H7BrClNO. The van der Waals surface area contributed by atoms with E-state index in [-0.39, 0.29) is 0 Å². The third kappa shape index (κ3) is 1.46. The first-order valence-corrected chi connectivity index (χ1v) is 5.13. The summed E-state index contributed by atoms with van der Waals surface area (Å²) in [6.45, 7) is 1.99. The Kier molecular flexibility index (Phi) is 2.30. The summed E-state index contributed by atoms with van der Waals surface area (Å²) in [5.41, 5.74) is 1.47. The molecule has 0 unspecified atom stereocenters. The van der Waals surface area contributed by atoms with Crippen LogP contribution in [0.2, 0.25) is 5.02 Å². The van der Waals surface area contributed by atoms with Gasteiger partial charge in [0.1, 0.15) is 5.52 Å². The lowest BCUT2D eigenvalue weighted by molar-refractivity contribution is 0.538. The predicted molar refractivity (Wildman–Crippen MR) is 56.1 cm³/mol. The molecule has 0 spiro atoms. The van der Waals surface area contributed by atoms with Crippen LogP contribution in [0.3, 0.4) is 0 Å². The van der Waals surface area contributed by atoms with E-state index in [1.165, 1.54) is 0 Å². The lowest BCUT2D eigenvalue weighted by Gasteiger charge is -1.93. The number of fused-ring (bicyclic) bond motifs is 1. The maximum atomic E-state index is 6.02. The molecule has 0 bridgehead atoms. The van der Waals surface area contributed by atoms with Crippen molar-refractivity contribution in [2.45, 2.75) is 13.3 Å². The molecule has 1 heterocycles. The molecule has 13 heavy (non-hydrogen) atoms. The summed E-state index contributed by atoms with van der Waals surface area (Å²) in [6.07, 6.45) is 0.780. The van der Waals surface area contributed by atoms with E-state index in [1.807, 2.05) is 19.1 Å². The first kappa shape index (κ1) is 9.03. The number of oxazole rings is 1. The monoisotopic (exact) mass is 259 g/mol. The second-order valence-electron chi connectivity index (χ2n) is 2.67. The summed E-state index contributed by atoms with van der Waals surface area (Å²) in [7, 11) is 0. The minimum Gasteiger partial charge on any atom is -0.439 e. The van der Waals surface area contributed by atoms with E-state index in [1.54, 1.807) is 0 Å². The second kappa shape index (κ2) is 3.31. The molecule has 0 atom stereocenters. The number of hydrogen-bond acceptors (Lipinski definition) is 2. The molecule has 4 heteroatoms. The summed E-state index contributed by atoms with van der Waals surface area (Å²) in [5, 5.41) is 0.588. The van der Waals surface area contributed by atoms with E-state index in [0.717, 1.165) is 22.3 Å². The number of hydrogen-bond donors (Lipinski definition) is 0. The predicted octanol–water partition coefficient (Wildman–Crippen LogP) is 3.81. The fraction of sp³-hybridized carbons (Fsp3) is 0.222. The van der Waals surface area contributed by atoms with Gasteiger partial charge in [-0.1, -0.05) is 18.5 Å². The van der Waals surface area contributed by atoms with Crippen LogP contribution >= 0.6 is 27.5 Å². The van der Waals surface area contributed by atoms with Crippen molar-refractivity contribution in [1.29, 1.82) is 0 Å². The van der Waals surface area contributed by atoms with Crippen molar-refractivity contribution in [2.24, 2.45) is 0 Å². The first-order valence-electron chi connectivity index (χ1n) is 3.95. The lowest BCUT2D eigenvalue weighted by Crippen LogP contribution is -1.75. The third-order valence-electron chi connectivity index (χ3n) is 1.80. The van der Waals surface area contributed by atoms with Gasteiger partial charge in [0.2, 0.25) is 0 Å². The summed E-state index contributed by atoms with van der Waals surface area (Å²) in [5.74, 6) is 0.718. The summed E-state index contributed by atoms with van der Waals surface area (Å²) in [4.78, 5) is 4.26. The van der Waals surface area contributed by atoms with Crippen LogP contribution in [-0.2, 0) is 6.42 Å². The standard InChI is InChI=1S/C9H7BrClNO/c1-2-7-12-6-4-3-5(10)8(11)9(6)13-7/h3-4H,2H2,1H3. The fourth-order valence-corrected chi connectivity index (χ4v) is 1.64. The van der Waals surface area contributed by atoms with Crippen molar-refractivity contribution in [2.75, 3.05) is 0 Å². The molecule has 68 valence electrons. The number of benzene rings is 1. The minimum atomic E-state index is 0.588. The Balaban J connectivity index is 2.76. The van der Waals surface area contributed by atoms with Crippen LogP contribution in [-0.4, -0.2) is 4.98 Å². The van der Waals surface area contributed by atoms with Crippen molar-refractivity contribution >= 4 is 38.6 Å². The van der Waals surface area contributed by atoms with Gasteiger partial charge in [-0.15, -0.1) is 0 Å². The van der Waals surface area contributed by atoms with E-state index >= 15 is 0 Å². The van der Waals surface area contributed by atoms with Crippen molar-refractivity contribution in [3.05, 3.63) is 27.5 Å². The Morgan fingerprint density at radius 3 is 3.00 bits per heavy atom. The number of aryl methyl sites for hydroxylation is 1. The van der Waals surface area contributed by atoms with E-state index in [9.17, 15) is 0 Å². The highest BCUT2D eigenvalue weighted by Crippen LogP contribution is 2.31. The van der Waals surface area contributed by atoms with Gasteiger partial charge in [-0.25, -0.2) is 4.98 Å². The third-order valence-corrected chi connectivity index (χ3v) is 3.06. The molecule has 0 radical (unpaired) electrons. The topological polar surface area (TPSA) is 26.0 Å². The van der Waals surface area contributed by atoms with Crippen LogP contribution in [0.15, 0.2) is 21.0 Å². The second-order valence-corrected chi connectivity index (χ2v) is 3.90. The molecule has 0 aliphatic heterocycles. The van der Waals surface area contributed by atoms with Gasteiger partial charge in [-0.3, -0.25) is 0 Å². The van der Waals surface area contributed by atoms with E-state index in [0.29, 0.717) is 10.6 Å². The van der Waals surface area contributed by atoms with Gasteiger partial charge in [0.15, 0.2) is 11.5 Å². The Labute approximate surface area is 89.0 Å². The smallest absolute Gasteiger partial charge is 0.195 e. The van der Waals surface area contributed by atoms with Gasteiger partial charge in [0.25, 0.3) is 0 Å².